The fourth-order valence-corrected chi connectivity index (χ4v) is 2.53. The molecule has 18 heavy (non-hydrogen) atoms. The Balaban J connectivity index is 2.34. The van der Waals surface area contributed by atoms with Crippen molar-refractivity contribution >= 4 is 23.0 Å². The van der Waals surface area contributed by atoms with Crippen LogP contribution in [0, 0.1) is 6.92 Å². The number of hydrogen-bond donors (Lipinski definition) is 1. The van der Waals surface area contributed by atoms with Crippen LogP contribution >= 0.6 is 11.3 Å². The molecule has 0 spiro atoms. The van der Waals surface area contributed by atoms with E-state index in [4.69, 9.17) is 0 Å². The number of para-hydroxylation sites is 1. The Bertz CT molecular complexity index is 552. The molecule has 0 amide bonds. The number of thiazole rings is 1. The van der Waals surface area contributed by atoms with Crippen molar-refractivity contribution in [3.63, 3.8) is 0 Å². The lowest BCUT2D eigenvalue weighted by atomic mass is 10.1. The van der Waals surface area contributed by atoms with Crippen molar-refractivity contribution < 1.29 is 9.90 Å². The van der Waals surface area contributed by atoms with Gasteiger partial charge < -0.3 is 10.0 Å². The number of nitrogens with zero attached hydrogens (tertiary/aromatic N) is 2. The molecule has 0 aliphatic carbocycles. The average Bonchev–Trinajstić information content (AvgIpc) is 2.81. The van der Waals surface area contributed by atoms with Gasteiger partial charge in [0.15, 0.2) is 0 Å². The first-order valence-corrected chi connectivity index (χ1v) is 6.45. The van der Waals surface area contributed by atoms with Crippen LogP contribution in [-0.4, -0.2) is 23.1 Å². The van der Waals surface area contributed by atoms with Crippen LogP contribution in [0.5, 0.6) is 0 Å². The maximum absolute atomic E-state index is 11.2. The van der Waals surface area contributed by atoms with Gasteiger partial charge in [-0.15, -0.1) is 11.3 Å². The third-order valence-corrected chi connectivity index (χ3v) is 3.37. The van der Waals surface area contributed by atoms with Crippen molar-refractivity contribution in [1.82, 2.24) is 4.98 Å². The first kappa shape index (κ1) is 12.6. The summed E-state index contributed by atoms with van der Waals surface area (Å²) in [6.07, 6.45) is 0. The largest absolute Gasteiger partial charge is 0.478 e. The fourth-order valence-electron chi connectivity index (χ4n) is 1.98. The Morgan fingerprint density at radius 2 is 2.28 bits per heavy atom. The van der Waals surface area contributed by atoms with Crippen molar-refractivity contribution in [2.24, 2.45) is 0 Å². The fraction of sp³-hybridized carbons (Fsp3) is 0.231. The lowest BCUT2D eigenvalue weighted by Crippen LogP contribution is -2.20. The van der Waals surface area contributed by atoms with Gasteiger partial charge in [-0.05, 0) is 18.6 Å². The molecule has 4 nitrogen and oxygen atoms in total. The summed E-state index contributed by atoms with van der Waals surface area (Å²) in [5, 5.41) is 11.2. The molecule has 2 rings (SSSR count). The third kappa shape index (κ3) is 2.51. The van der Waals surface area contributed by atoms with Gasteiger partial charge in [-0.1, -0.05) is 12.1 Å². The van der Waals surface area contributed by atoms with E-state index in [9.17, 15) is 9.90 Å². The van der Waals surface area contributed by atoms with Crippen LogP contribution in [0.15, 0.2) is 29.1 Å². The monoisotopic (exact) mass is 262 g/mol. The minimum absolute atomic E-state index is 0.327. The maximum atomic E-state index is 11.2. The third-order valence-electron chi connectivity index (χ3n) is 2.73. The highest BCUT2D eigenvalue weighted by Crippen LogP contribution is 2.25. The molecular weight excluding hydrogens is 248 g/mol. The van der Waals surface area contributed by atoms with E-state index in [1.165, 1.54) is 11.3 Å². The second-order valence-electron chi connectivity index (χ2n) is 4.11. The first-order valence-electron chi connectivity index (χ1n) is 5.50. The van der Waals surface area contributed by atoms with Gasteiger partial charge in [0, 0.05) is 12.4 Å². The molecule has 94 valence electrons. The van der Waals surface area contributed by atoms with Gasteiger partial charge in [0.2, 0.25) is 0 Å². The van der Waals surface area contributed by atoms with Crippen molar-refractivity contribution in [3.8, 4) is 0 Å². The Morgan fingerprint density at radius 3 is 2.89 bits per heavy atom. The summed E-state index contributed by atoms with van der Waals surface area (Å²) in [4.78, 5) is 17.4. The summed E-state index contributed by atoms with van der Waals surface area (Å²) >= 11 is 1.54. The number of benzene rings is 1. The molecule has 0 aliphatic heterocycles. The summed E-state index contributed by atoms with van der Waals surface area (Å²) in [5.41, 5.74) is 4.75. The van der Waals surface area contributed by atoms with Crippen LogP contribution < -0.4 is 4.90 Å². The molecule has 0 radical (unpaired) electrons. The zero-order valence-corrected chi connectivity index (χ0v) is 11.1. The van der Waals surface area contributed by atoms with E-state index in [2.05, 4.69) is 4.98 Å². The van der Waals surface area contributed by atoms with Crippen LogP contribution in [0.1, 0.15) is 21.6 Å². The second kappa shape index (κ2) is 5.18. The van der Waals surface area contributed by atoms with Crippen LogP contribution in [-0.2, 0) is 6.54 Å². The molecule has 0 saturated heterocycles. The van der Waals surface area contributed by atoms with E-state index in [0.717, 1.165) is 16.9 Å². The average molecular weight is 262 g/mol. The first-order chi connectivity index (χ1) is 8.59. The number of aromatic nitrogens is 1. The van der Waals surface area contributed by atoms with Crippen molar-refractivity contribution in [2.75, 3.05) is 11.9 Å². The molecular formula is C13H14N2O2S. The summed E-state index contributed by atoms with van der Waals surface area (Å²) in [6, 6.07) is 5.31. The Labute approximate surface area is 110 Å². The quantitative estimate of drug-likeness (QED) is 0.920. The molecule has 0 fully saturated rings. The number of rotatable bonds is 4. The number of carboxylic acids is 1. The molecule has 1 heterocycles. The lowest BCUT2D eigenvalue weighted by Gasteiger charge is -2.22. The van der Waals surface area contributed by atoms with E-state index in [1.807, 2.05) is 30.3 Å². The highest BCUT2D eigenvalue weighted by Gasteiger charge is 2.16. The van der Waals surface area contributed by atoms with Crippen LogP contribution in [0.3, 0.4) is 0 Å². The summed E-state index contributed by atoms with van der Waals surface area (Å²) in [7, 11) is 1.88. The van der Waals surface area contributed by atoms with E-state index in [-0.39, 0.29) is 0 Å². The standard InChI is InChI=1S/C13H14N2O2S/c1-9-4-3-5-11(13(16)17)12(9)15(2)6-10-7-18-8-14-10/h3-5,7-8H,6H2,1-2H3,(H,16,17). The Hall–Kier alpha value is -1.88. The van der Waals surface area contributed by atoms with Crippen LogP contribution in [0.2, 0.25) is 0 Å². The molecule has 0 saturated carbocycles. The zero-order chi connectivity index (χ0) is 13.1. The minimum Gasteiger partial charge on any atom is -0.478 e. The van der Waals surface area contributed by atoms with Gasteiger partial charge in [-0.25, -0.2) is 9.78 Å². The van der Waals surface area contributed by atoms with Gasteiger partial charge in [-0.2, -0.15) is 0 Å². The molecule has 0 unspecified atom stereocenters. The maximum Gasteiger partial charge on any atom is 0.337 e. The number of hydrogen-bond acceptors (Lipinski definition) is 4. The number of aryl methyl sites for hydroxylation is 1. The zero-order valence-electron chi connectivity index (χ0n) is 10.3. The molecule has 2 aromatic rings. The van der Waals surface area contributed by atoms with Gasteiger partial charge in [0.05, 0.1) is 29.0 Å². The molecule has 0 bridgehead atoms. The minimum atomic E-state index is -0.904. The normalized spacial score (nSPS) is 10.3. The van der Waals surface area contributed by atoms with E-state index in [0.29, 0.717) is 12.1 Å². The predicted molar refractivity (Wildman–Crippen MR) is 72.4 cm³/mol. The van der Waals surface area contributed by atoms with E-state index >= 15 is 0 Å². The topological polar surface area (TPSA) is 53.4 Å². The van der Waals surface area contributed by atoms with Gasteiger partial charge in [0.25, 0.3) is 0 Å². The van der Waals surface area contributed by atoms with Crippen molar-refractivity contribution in [3.05, 3.63) is 45.9 Å². The highest BCUT2D eigenvalue weighted by atomic mass is 32.1. The van der Waals surface area contributed by atoms with E-state index in [1.54, 1.807) is 17.6 Å². The number of carbonyl (C=O) groups is 1. The molecule has 0 atom stereocenters. The van der Waals surface area contributed by atoms with Gasteiger partial charge in [-0.3, -0.25) is 0 Å². The number of carboxylic acid groups (broad SMARTS) is 1. The summed E-state index contributed by atoms with van der Waals surface area (Å²) in [5.74, 6) is -0.904. The number of aromatic carboxylic acids is 1. The Morgan fingerprint density at radius 1 is 1.50 bits per heavy atom. The van der Waals surface area contributed by atoms with Gasteiger partial charge in [0.1, 0.15) is 0 Å². The predicted octanol–water partition coefficient (Wildman–Crippen LogP) is 2.79. The van der Waals surface area contributed by atoms with Crippen molar-refractivity contribution in [2.45, 2.75) is 13.5 Å². The molecule has 1 aromatic heterocycles. The van der Waals surface area contributed by atoms with Crippen LogP contribution in [0.25, 0.3) is 0 Å². The van der Waals surface area contributed by atoms with Crippen LogP contribution in [0.4, 0.5) is 5.69 Å². The Kier molecular flexibility index (Phi) is 3.62. The smallest absolute Gasteiger partial charge is 0.337 e. The summed E-state index contributed by atoms with van der Waals surface area (Å²) in [6.45, 7) is 2.52. The van der Waals surface area contributed by atoms with Crippen molar-refractivity contribution in [1.29, 1.82) is 0 Å². The molecule has 5 heteroatoms. The molecule has 1 aromatic carbocycles. The molecule has 0 aliphatic rings. The number of anilines is 1. The molecule has 1 N–H and O–H groups in total. The lowest BCUT2D eigenvalue weighted by molar-refractivity contribution is 0.0697. The SMILES string of the molecule is Cc1cccc(C(=O)O)c1N(C)Cc1cscn1. The van der Waals surface area contributed by atoms with E-state index < -0.39 is 5.97 Å². The van der Waals surface area contributed by atoms with Gasteiger partial charge >= 0.3 is 5.97 Å². The second-order valence-corrected chi connectivity index (χ2v) is 4.83. The highest BCUT2D eigenvalue weighted by molar-refractivity contribution is 7.07. The summed E-state index contributed by atoms with van der Waals surface area (Å²) < 4.78 is 0.